The Morgan fingerprint density at radius 3 is 1.93 bits per heavy atom. The molecule has 0 aromatic rings. The topological polar surface area (TPSA) is 0 Å². The van der Waals surface area contributed by atoms with Gasteiger partial charge in [0, 0.05) is 0 Å². The number of hydrogen-bond acceptors (Lipinski definition) is 0. The molecule has 14 heavy (non-hydrogen) atoms. The van der Waals surface area contributed by atoms with Crippen LogP contribution >= 0.6 is 0 Å². The molecule has 0 saturated carbocycles. The Bertz CT molecular complexity index is 379. The number of hydrogen-bond donors (Lipinski definition) is 0. The maximum atomic E-state index is 2.60. The molecule has 1 heteroatoms. The first-order valence-electron chi connectivity index (χ1n) is 5.47. The monoisotopic (exact) mass is 262 g/mol. The van der Waals surface area contributed by atoms with Gasteiger partial charge in [0.1, 0.15) is 0 Å². The van der Waals surface area contributed by atoms with Gasteiger partial charge in [0.2, 0.25) is 0 Å². The Morgan fingerprint density at radius 1 is 0.929 bits per heavy atom. The van der Waals surface area contributed by atoms with Crippen molar-refractivity contribution in [2.45, 2.75) is 28.5 Å². The van der Waals surface area contributed by atoms with Crippen LogP contribution in [0, 0.1) is 0 Å². The first-order chi connectivity index (χ1) is 6.69. The number of allylic oxidation sites excluding steroid dienone is 8. The molecule has 0 unspecified atom stereocenters. The van der Waals surface area contributed by atoms with E-state index in [1.807, 2.05) is 6.56 Å². The Hall–Kier alpha value is -0.157. The van der Waals surface area contributed by atoms with Crippen LogP contribution in [0.3, 0.4) is 0 Å². The standard InChI is InChI=1S/C11H10.2CH3.Zr/c1-2-6-10(5-1)9-11-7-3-4-8-11;;;/h1,3,5,7H,2,4,9H2;2*1H3;. The number of rotatable bonds is 0. The fourth-order valence-electron chi connectivity index (χ4n) is 3.13. The zero-order valence-corrected chi connectivity index (χ0v) is 11.4. The molecule has 1 aliphatic heterocycles. The molecule has 0 radical (unpaired) electrons. The van der Waals surface area contributed by atoms with Gasteiger partial charge in [0.25, 0.3) is 0 Å². The SMILES string of the molecule is [CH3][Zr]1([CH3])[C]2=C(C=CC2)CC2=[C]1CC=C2. The molecule has 0 aromatic heterocycles. The van der Waals surface area contributed by atoms with E-state index in [0.717, 1.165) is 0 Å². The molecule has 0 fully saturated rings. The van der Waals surface area contributed by atoms with Crippen molar-refractivity contribution in [3.8, 4) is 0 Å². The summed E-state index contributed by atoms with van der Waals surface area (Å²) in [4.78, 5) is 0. The predicted molar refractivity (Wildman–Crippen MR) is 57.9 cm³/mol. The maximum absolute atomic E-state index is 2.60. The molecule has 0 nitrogen and oxygen atoms in total. The summed E-state index contributed by atoms with van der Waals surface area (Å²) < 4.78 is 8.94. The second-order valence-electron chi connectivity index (χ2n) is 5.02. The van der Waals surface area contributed by atoms with Gasteiger partial charge in [-0.15, -0.1) is 0 Å². The van der Waals surface area contributed by atoms with Gasteiger partial charge >= 0.3 is 90.8 Å². The van der Waals surface area contributed by atoms with E-state index in [1.165, 1.54) is 19.3 Å². The average molecular weight is 263 g/mol. The molecule has 72 valence electrons. The Labute approximate surface area is 90.5 Å². The summed E-state index contributed by atoms with van der Waals surface area (Å²) in [5, 5.41) is 0. The first-order valence-corrected chi connectivity index (χ1v) is 12.8. The molecular formula is C13H16Zr. The fourth-order valence-corrected chi connectivity index (χ4v) is 11.9. The van der Waals surface area contributed by atoms with E-state index in [-0.39, 0.29) is 0 Å². The van der Waals surface area contributed by atoms with Crippen LogP contribution in [-0.4, -0.2) is 0 Å². The van der Waals surface area contributed by atoms with Crippen molar-refractivity contribution in [1.82, 2.24) is 0 Å². The van der Waals surface area contributed by atoms with E-state index < -0.39 is 20.3 Å². The van der Waals surface area contributed by atoms with Gasteiger partial charge in [-0.25, -0.2) is 0 Å². The van der Waals surface area contributed by atoms with Crippen molar-refractivity contribution in [2.24, 2.45) is 0 Å². The molecule has 0 spiro atoms. The minimum absolute atomic E-state index is 1.23. The molecule has 0 atom stereocenters. The molecule has 2 aliphatic carbocycles. The molecular weight excluding hydrogens is 247 g/mol. The zero-order valence-electron chi connectivity index (χ0n) is 8.93. The van der Waals surface area contributed by atoms with Gasteiger partial charge in [-0.3, -0.25) is 0 Å². The normalized spacial score (nSPS) is 27.3. The van der Waals surface area contributed by atoms with Crippen molar-refractivity contribution < 1.29 is 20.3 Å². The van der Waals surface area contributed by atoms with Crippen molar-refractivity contribution in [3.63, 3.8) is 0 Å². The van der Waals surface area contributed by atoms with Crippen LogP contribution in [0.1, 0.15) is 19.3 Å². The van der Waals surface area contributed by atoms with Crippen LogP contribution < -0.4 is 0 Å². The van der Waals surface area contributed by atoms with Crippen LogP contribution in [0.15, 0.2) is 42.0 Å². The van der Waals surface area contributed by atoms with E-state index in [1.54, 1.807) is 11.1 Å². The fraction of sp³-hybridized carbons (Fsp3) is 0.385. The molecule has 3 rings (SSSR count). The van der Waals surface area contributed by atoms with Gasteiger partial charge in [0.15, 0.2) is 0 Å². The van der Waals surface area contributed by atoms with Crippen LogP contribution in [0.2, 0.25) is 9.26 Å². The van der Waals surface area contributed by atoms with E-state index >= 15 is 0 Å². The summed E-state index contributed by atoms with van der Waals surface area (Å²) in [7, 11) is 0. The van der Waals surface area contributed by atoms with Crippen molar-refractivity contribution in [2.75, 3.05) is 0 Å². The second kappa shape index (κ2) is 2.92. The van der Waals surface area contributed by atoms with Crippen LogP contribution in [0.25, 0.3) is 0 Å². The van der Waals surface area contributed by atoms with Crippen molar-refractivity contribution in [1.29, 1.82) is 0 Å². The Morgan fingerprint density at radius 2 is 1.43 bits per heavy atom. The summed E-state index contributed by atoms with van der Waals surface area (Å²) in [6, 6.07) is 0. The zero-order chi connectivity index (χ0) is 9.76. The molecule has 1 heterocycles. The van der Waals surface area contributed by atoms with Gasteiger partial charge in [-0.1, -0.05) is 0 Å². The van der Waals surface area contributed by atoms with E-state index in [9.17, 15) is 0 Å². The third-order valence-electron chi connectivity index (χ3n) is 3.95. The molecule has 0 amide bonds. The summed E-state index contributed by atoms with van der Waals surface area (Å²) in [6.45, 7) is 0. The van der Waals surface area contributed by atoms with E-state index in [2.05, 4.69) is 33.6 Å². The quantitative estimate of drug-likeness (QED) is 0.618. The Kier molecular flexibility index (Phi) is 1.90. The van der Waals surface area contributed by atoms with Gasteiger partial charge < -0.3 is 0 Å². The second-order valence-corrected chi connectivity index (χ2v) is 16.0. The van der Waals surface area contributed by atoms with Gasteiger partial charge in [-0.05, 0) is 0 Å². The summed E-state index contributed by atoms with van der Waals surface area (Å²) in [5.74, 6) is 0. The van der Waals surface area contributed by atoms with Crippen LogP contribution in [0.5, 0.6) is 0 Å². The van der Waals surface area contributed by atoms with E-state index in [4.69, 9.17) is 0 Å². The van der Waals surface area contributed by atoms with Crippen LogP contribution in [0.4, 0.5) is 0 Å². The Balaban J connectivity index is 2.12. The molecule has 3 aliphatic rings. The van der Waals surface area contributed by atoms with Crippen molar-refractivity contribution in [3.05, 3.63) is 42.0 Å². The van der Waals surface area contributed by atoms with Gasteiger partial charge in [0.05, 0.1) is 0 Å². The molecule has 0 bridgehead atoms. The molecule has 0 N–H and O–H groups in total. The molecule has 0 saturated heterocycles. The predicted octanol–water partition coefficient (Wildman–Crippen LogP) is 4.07. The van der Waals surface area contributed by atoms with E-state index in [0.29, 0.717) is 0 Å². The van der Waals surface area contributed by atoms with Crippen molar-refractivity contribution >= 4 is 0 Å². The van der Waals surface area contributed by atoms with Crippen LogP contribution in [-0.2, 0) is 20.3 Å². The third-order valence-corrected chi connectivity index (χ3v) is 13.9. The first kappa shape index (κ1) is 9.10. The summed E-state index contributed by atoms with van der Waals surface area (Å²) >= 11 is -2.00. The average Bonchev–Trinajstić information content (AvgIpc) is 2.71. The summed E-state index contributed by atoms with van der Waals surface area (Å²) in [6.07, 6.45) is 13.3. The molecule has 0 aromatic carbocycles. The minimum atomic E-state index is -2.00. The third kappa shape index (κ3) is 1.08. The van der Waals surface area contributed by atoms with Gasteiger partial charge in [-0.2, -0.15) is 0 Å². The summed E-state index contributed by atoms with van der Waals surface area (Å²) in [5.41, 5.74) is 3.35.